The molecule has 127 heavy (non-hydrogen) atoms. The van der Waals surface area contributed by atoms with Gasteiger partial charge in [0.2, 0.25) is 17.7 Å². The number of carbonyl (C=O) groups excluding carboxylic acids is 6. The van der Waals surface area contributed by atoms with E-state index in [0.29, 0.717) is 137 Å². The maximum atomic E-state index is 13.9. The lowest BCUT2D eigenvalue weighted by Crippen LogP contribution is -2.67. The zero-order chi connectivity index (χ0) is 91.6. The zero-order valence-electron chi connectivity index (χ0n) is 75.1. The summed E-state index contributed by atoms with van der Waals surface area (Å²) in [4.78, 5) is 80.0. The van der Waals surface area contributed by atoms with Crippen LogP contribution in [0.2, 0.25) is 0 Å². The third-order valence-electron chi connectivity index (χ3n) is 24.7. The van der Waals surface area contributed by atoms with Gasteiger partial charge in [-0.2, -0.15) is 0 Å². The fourth-order valence-corrected chi connectivity index (χ4v) is 17.3. The van der Waals surface area contributed by atoms with Crippen molar-refractivity contribution in [3.63, 3.8) is 0 Å². The fourth-order valence-electron chi connectivity index (χ4n) is 17.3. The molecule has 8 rings (SSSR count). The first kappa shape index (κ1) is 109. The Labute approximate surface area is 745 Å². The number of Topliss-reactive ketones (excluding diaryl/α,β-unsaturated/α-hetero) is 3. The smallest absolute Gasteiger partial charge is 0.246 e. The second-order valence-electron chi connectivity index (χ2n) is 34.7. The van der Waals surface area contributed by atoms with Crippen LogP contribution in [0.3, 0.4) is 0 Å². The third kappa shape index (κ3) is 37.1. The van der Waals surface area contributed by atoms with E-state index in [1.54, 1.807) is 13.8 Å². The molecule has 0 bridgehead atoms. The van der Waals surface area contributed by atoms with Crippen LogP contribution < -0.4 is 16.0 Å². The van der Waals surface area contributed by atoms with Gasteiger partial charge in [0.25, 0.3) is 0 Å². The van der Waals surface area contributed by atoms with Gasteiger partial charge in [-0.15, -0.1) is 0 Å². The van der Waals surface area contributed by atoms with Crippen LogP contribution in [0.15, 0.2) is 0 Å². The Kier molecular flexibility index (Phi) is 51.1. The number of hydrogen-bond acceptors (Lipinski definition) is 37. The molecular formula is C87H151N3O37. The molecule has 4 heterocycles. The first-order valence-corrected chi connectivity index (χ1v) is 46.2. The van der Waals surface area contributed by atoms with E-state index in [1.165, 1.54) is 13.8 Å². The molecule has 13 N–H and O–H groups in total. The average molecular weight is 1830 g/mol. The van der Waals surface area contributed by atoms with Gasteiger partial charge in [-0.05, 0) is 89.9 Å². The number of hydrogen-bond donors (Lipinski definition) is 13. The number of aliphatic hydroxyl groups is 10. The van der Waals surface area contributed by atoms with Crippen LogP contribution in [-0.2, 0) is 128 Å². The minimum atomic E-state index is -1.59. The number of carbonyl (C=O) groups is 6. The molecular weight excluding hydrogens is 1680 g/mol. The topological polar surface area (TPSA) is 535 Å². The van der Waals surface area contributed by atoms with Gasteiger partial charge in [-0.3, -0.25) is 28.8 Å². The van der Waals surface area contributed by atoms with E-state index in [4.69, 9.17) is 99.5 Å². The molecule has 8 fully saturated rings. The van der Waals surface area contributed by atoms with Crippen LogP contribution in [0.25, 0.3) is 0 Å². The molecule has 10 unspecified atom stereocenters. The predicted octanol–water partition coefficient (Wildman–Crippen LogP) is -0.778. The van der Waals surface area contributed by atoms with Crippen molar-refractivity contribution in [1.82, 2.24) is 16.0 Å². The minimum absolute atomic E-state index is 0.0664. The summed E-state index contributed by atoms with van der Waals surface area (Å²) in [5, 5.41) is 116. The Morgan fingerprint density at radius 3 is 1.02 bits per heavy atom. The van der Waals surface area contributed by atoms with E-state index < -0.39 is 203 Å². The van der Waals surface area contributed by atoms with E-state index in [-0.39, 0.29) is 107 Å². The number of amides is 3. The van der Waals surface area contributed by atoms with Gasteiger partial charge in [0.05, 0.1) is 189 Å². The summed E-state index contributed by atoms with van der Waals surface area (Å²) in [6.07, 6.45) is -15.6. The highest BCUT2D eigenvalue weighted by Crippen LogP contribution is 2.40. The first-order chi connectivity index (χ1) is 61.3. The third-order valence-corrected chi connectivity index (χ3v) is 24.7. The SMILES string of the molecule is CC(=O)[C@H](CC1CCCCC1)OC1C(NC(=O)CCC(=O)COCCOCCOCCOCCOCCOCCOCCOCCOCCOCCOCC(=O)NCC(=O)NC2C(O[C@@H](CC3CCCCC3)C(C)=O)[C@@H](O)[C@H](CO)O[C@H]2O[C@@H]2CCCC(C)[C@H]2O[C@@H]2OC(C)[C@@H](O)[C@H](O)C2O)[C@H](O[C@@H]2CCCC(C)[C@H]2O[C@@H]2OC(C)[C@@H](O)[C@H](O)C2O)O[C@@H](CO)[C@@H]1O. The molecule has 4 saturated heterocycles. The summed E-state index contributed by atoms with van der Waals surface area (Å²) in [5.41, 5.74) is 0. The summed E-state index contributed by atoms with van der Waals surface area (Å²) >= 11 is 0. The van der Waals surface area contributed by atoms with Crippen molar-refractivity contribution in [2.24, 2.45) is 23.7 Å². The van der Waals surface area contributed by atoms with E-state index in [1.807, 2.05) is 13.8 Å². The van der Waals surface area contributed by atoms with Gasteiger partial charge in [-0.25, -0.2) is 0 Å². The van der Waals surface area contributed by atoms with Crippen molar-refractivity contribution in [3.8, 4) is 0 Å². The van der Waals surface area contributed by atoms with Gasteiger partial charge in [-0.1, -0.05) is 90.9 Å². The van der Waals surface area contributed by atoms with Crippen LogP contribution in [0, 0.1) is 23.7 Å². The quantitative estimate of drug-likeness (QED) is 0.0332. The lowest BCUT2D eigenvalue weighted by atomic mass is 9.84. The average Bonchev–Trinajstić information content (AvgIpc) is 0.786. The molecule has 0 aromatic rings. The highest BCUT2D eigenvalue weighted by molar-refractivity contribution is 5.86. The van der Waals surface area contributed by atoms with Crippen molar-refractivity contribution >= 4 is 35.1 Å². The van der Waals surface area contributed by atoms with Crippen LogP contribution in [0.5, 0.6) is 0 Å². The van der Waals surface area contributed by atoms with Gasteiger partial charge in [0.1, 0.15) is 111 Å². The lowest BCUT2D eigenvalue weighted by Gasteiger charge is -2.48. The van der Waals surface area contributed by atoms with Gasteiger partial charge >= 0.3 is 0 Å². The highest BCUT2D eigenvalue weighted by atomic mass is 16.8. The fraction of sp³-hybridized carbons (Fsp3) is 0.931. The Balaban J connectivity index is 0.597. The molecule has 40 nitrogen and oxygen atoms in total. The Bertz CT molecular complexity index is 2870. The molecule has 736 valence electrons. The summed E-state index contributed by atoms with van der Waals surface area (Å²) in [6.45, 7) is 13.2. The number of aliphatic hydroxyl groups excluding tert-OH is 10. The molecule has 4 aliphatic heterocycles. The first-order valence-electron chi connectivity index (χ1n) is 46.2. The largest absolute Gasteiger partial charge is 0.394 e. The molecule has 3 amide bonds. The van der Waals surface area contributed by atoms with E-state index in [2.05, 4.69) is 16.0 Å². The summed E-state index contributed by atoms with van der Waals surface area (Å²) in [6, 6.07) is -2.55. The number of nitrogens with one attached hydrogen (secondary N) is 3. The minimum Gasteiger partial charge on any atom is -0.394 e. The normalized spacial score (nSPS) is 33.4. The zero-order valence-corrected chi connectivity index (χ0v) is 75.1. The Hall–Kier alpha value is -3.82. The summed E-state index contributed by atoms with van der Waals surface area (Å²) in [5.74, 6) is -2.80. The molecule has 0 aromatic heterocycles. The van der Waals surface area contributed by atoms with Crippen LogP contribution in [-0.4, -0.2) is 411 Å². The van der Waals surface area contributed by atoms with Crippen molar-refractivity contribution in [3.05, 3.63) is 0 Å². The van der Waals surface area contributed by atoms with Gasteiger partial charge in [0, 0.05) is 12.8 Å². The standard InChI is InChI=1S/C87H151N3O37/c1-52-15-13-21-61(80(52)126-86-78(105)76(103)72(99)56(5)118-86)122-84-70(82(74(101)65(48-91)124-84)120-63(54(3)93)45-58-17-9-7-10-18-58)89-67(96)24-23-60(95)50-116-43-41-114-39-37-112-35-33-110-31-29-108-27-25-107-26-28-109-30-32-111-34-36-113-38-40-115-42-44-117-51-69(98)88-47-68(97)90-71-83(121-64(55(4)94)46-59-19-11-8-12-20-59)75(102)66(49-92)125-85(71)123-62-22-14-16-53(2)81(62)127-87-79(106)77(104)73(100)57(6)119-87/h52-53,56-59,61-66,70-87,91-92,99-106H,7-51H2,1-6H3,(H,88,98)(H,89,96)(H,90,97)/t52?,53?,56?,57?,61-,62-,63+,64+,65+,66+,70?,71?,72-,73-,74+,75+,76+,77+,78?,79?,80-,81-,82?,83?,84-,85-,86+,87+/m1/s1. The maximum absolute atomic E-state index is 13.9. The molecule has 4 aliphatic carbocycles. The second-order valence-corrected chi connectivity index (χ2v) is 34.7. The molecule has 40 heteroatoms. The van der Waals surface area contributed by atoms with Crippen molar-refractivity contribution in [2.75, 3.05) is 165 Å². The number of rotatable bonds is 61. The maximum Gasteiger partial charge on any atom is 0.246 e. The Morgan fingerprint density at radius 2 is 0.677 bits per heavy atom. The van der Waals surface area contributed by atoms with Crippen LogP contribution >= 0.6 is 0 Å². The van der Waals surface area contributed by atoms with E-state index in [0.717, 1.165) is 64.2 Å². The second kappa shape index (κ2) is 59.8. The van der Waals surface area contributed by atoms with Crippen LogP contribution in [0.1, 0.15) is 170 Å². The Morgan fingerprint density at radius 1 is 0.339 bits per heavy atom. The lowest BCUT2D eigenvalue weighted by molar-refractivity contribution is -0.336. The van der Waals surface area contributed by atoms with E-state index in [9.17, 15) is 79.8 Å². The predicted molar refractivity (Wildman–Crippen MR) is 445 cm³/mol. The molecule has 4 saturated carbocycles. The van der Waals surface area contributed by atoms with Crippen molar-refractivity contribution < 1.29 is 179 Å². The molecule has 0 radical (unpaired) electrons. The van der Waals surface area contributed by atoms with Gasteiger partial charge in [0.15, 0.2) is 42.5 Å². The highest BCUT2D eigenvalue weighted by Gasteiger charge is 2.55. The van der Waals surface area contributed by atoms with E-state index >= 15 is 0 Å². The number of ketones is 3. The molecule has 0 aromatic carbocycles. The van der Waals surface area contributed by atoms with Crippen molar-refractivity contribution in [2.45, 2.75) is 329 Å². The van der Waals surface area contributed by atoms with Crippen molar-refractivity contribution in [1.29, 1.82) is 0 Å². The number of ether oxygens (including phenoxy) is 21. The molecule has 8 aliphatic rings. The van der Waals surface area contributed by atoms with Crippen LogP contribution in [0.4, 0.5) is 0 Å². The molecule has 0 spiro atoms. The summed E-state index contributed by atoms with van der Waals surface area (Å²) in [7, 11) is 0. The summed E-state index contributed by atoms with van der Waals surface area (Å²) < 4.78 is 124. The monoisotopic (exact) mass is 1830 g/mol. The molecule has 28 atom stereocenters. The van der Waals surface area contributed by atoms with Gasteiger partial charge < -0.3 is 166 Å².